The van der Waals surface area contributed by atoms with Crippen LogP contribution in [0.1, 0.15) is 0 Å². The van der Waals surface area contributed by atoms with E-state index < -0.39 is 0 Å². The topological polar surface area (TPSA) is 80.1 Å². The van der Waals surface area contributed by atoms with Crippen molar-refractivity contribution in [2.45, 2.75) is 0 Å². The summed E-state index contributed by atoms with van der Waals surface area (Å²) in [5.41, 5.74) is 0. The van der Waals surface area contributed by atoms with Gasteiger partial charge in [0.1, 0.15) is 17.4 Å². The average Bonchev–Trinajstić information content (AvgIpc) is 1.00. The first kappa shape index (κ1) is 79.9. The summed E-state index contributed by atoms with van der Waals surface area (Å²) in [4.78, 5) is 0. The Hall–Kier alpha value is 2.38. The van der Waals surface area contributed by atoms with Gasteiger partial charge in [-0.1, -0.05) is 0 Å². The fraction of sp³-hybridized carbons (Fsp3) is 0. The molecule has 0 aromatic carbocycles. The average molecular weight is 199 g/mol. The van der Waals surface area contributed by atoms with Crippen molar-refractivity contribution in [2.75, 3.05) is 0 Å². The van der Waals surface area contributed by atoms with Crippen LogP contribution in [0.2, 0.25) is 0 Å². The van der Waals surface area contributed by atoms with Crippen LogP contribution in [0.4, 0.5) is 0 Å². The van der Waals surface area contributed by atoms with Crippen molar-refractivity contribution < 1.29 is 14.8 Å². The Morgan fingerprint density at radius 2 is 0.750 bits per heavy atom. The molecule has 8 heteroatoms. The van der Waals surface area contributed by atoms with Crippen LogP contribution in [0.25, 0.3) is 0 Å². The standard InChI is InChI=1S/5Al.2H2O.O.12H/h;;;;;2*1H2;;;;;;;;;;;;;. The van der Waals surface area contributed by atoms with Crippen LogP contribution < -0.4 is 0 Å². The van der Waals surface area contributed by atoms with Crippen molar-refractivity contribution in [2.24, 2.45) is 0 Å². The molecule has 0 spiro atoms. The van der Waals surface area contributed by atoms with Crippen LogP contribution in [0.15, 0.2) is 0 Å². The van der Waals surface area contributed by atoms with Gasteiger partial charge in [-0.15, -0.1) is 0 Å². The number of rotatable bonds is 0. The molecule has 0 unspecified atom stereocenters. The van der Waals surface area contributed by atoms with E-state index in [-0.39, 0.29) is 80.4 Å². The fourth-order valence-electron chi connectivity index (χ4n) is 0. The van der Waals surface area contributed by atoms with Gasteiger partial charge in [0.15, 0.2) is 52.1 Å². The maximum absolute atomic E-state index is 8.28. The predicted octanol–water partition coefficient (Wildman–Crippen LogP) is -6.88. The third kappa shape index (κ3) is 80.5. The van der Waals surface area contributed by atoms with Crippen molar-refractivity contribution >= 4 is 85.7 Å². The second kappa shape index (κ2) is 116. The van der Waals surface area contributed by atoms with Gasteiger partial charge >= 0.3 is 20.0 Å². The molecule has 0 aliphatic rings. The van der Waals surface area contributed by atoms with Gasteiger partial charge in [-0.25, -0.2) is 0 Å². The summed E-state index contributed by atoms with van der Waals surface area (Å²) in [6.45, 7) is 0. The molecular weight excluding hydrogens is 183 g/mol. The molecule has 49 valence electrons. The molecule has 8 heavy (non-hydrogen) atoms. The third-order valence-electron chi connectivity index (χ3n) is 0. The van der Waals surface area contributed by atoms with E-state index in [1.54, 1.807) is 0 Å². The van der Waals surface area contributed by atoms with E-state index in [2.05, 4.69) is 0 Å². The van der Waals surface area contributed by atoms with Gasteiger partial charge in [0.25, 0.3) is 0 Å². The summed E-state index contributed by atoms with van der Waals surface area (Å²) >= 11 is 0.611. The molecule has 0 rings (SSSR count). The molecule has 0 saturated heterocycles. The summed E-state index contributed by atoms with van der Waals surface area (Å²) in [5.74, 6) is 0. The van der Waals surface area contributed by atoms with E-state index >= 15 is 0 Å². The fourth-order valence-corrected chi connectivity index (χ4v) is 0. The number of hydrogen-bond donors (Lipinski definition) is 0. The quantitative estimate of drug-likeness (QED) is 0.357. The van der Waals surface area contributed by atoms with Crippen molar-refractivity contribution in [3.8, 4) is 0 Å². The maximum atomic E-state index is 8.28. The minimum atomic E-state index is 0. The molecule has 1 radical (unpaired) electrons. The molecule has 0 amide bonds. The Balaban J connectivity index is -0.000000000333. The molecule has 0 bridgehead atoms. The van der Waals surface area contributed by atoms with E-state index in [1.165, 1.54) is 0 Å². The predicted molar refractivity (Wildman–Crippen MR) is 53.4 cm³/mol. The molecule has 0 atom stereocenters. The number of hydrogen-bond acceptors (Lipinski definition) is 1. The van der Waals surface area contributed by atoms with Crippen LogP contribution in [-0.2, 0) is 3.80 Å². The van der Waals surface area contributed by atoms with Gasteiger partial charge in [-0.2, -0.15) is 0 Å². The molecule has 0 saturated carbocycles. The van der Waals surface area contributed by atoms with E-state index in [9.17, 15) is 0 Å². The Labute approximate surface area is 99.4 Å². The van der Waals surface area contributed by atoms with Crippen LogP contribution in [0.5, 0.6) is 0 Å². The summed E-state index contributed by atoms with van der Waals surface area (Å²) < 4.78 is 8.28. The minimum absolute atomic E-state index is 0. The Morgan fingerprint density at radius 3 is 0.750 bits per heavy atom. The van der Waals surface area contributed by atoms with Crippen LogP contribution >= 0.6 is 0 Å². The molecule has 3 nitrogen and oxygen atoms in total. The van der Waals surface area contributed by atoms with Gasteiger partial charge in [-0.05, 0) is 0 Å². The SMILES string of the molecule is O.O.[AlH2].[AlH3].[AlH3].[AlH3].[O]=[AlH]. The van der Waals surface area contributed by atoms with E-state index in [4.69, 9.17) is 3.80 Å². The van der Waals surface area contributed by atoms with Gasteiger partial charge < -0.3 is 11.0 Å². The first-order valence-electron chi connectivity index (χ1n) is 0.289. The van der Waals surface area contributed by atoms with Crippen molar-refractivity contribution in [1.29, 1.82) is 0 Å². The summed E-state index contributed by atoms with van der Waals surface area (Å²) in [6, 6.07) is 0. The zero-order chi connectivity index (χ0) is 2.00. The first-order valence-corrected chi connectivity index (χ1v) is 0.866. The molecule has 0 aliphatic heterocycles. The van der Waals surface area contributed by atoms with E-state index in [0.717, 1.165) is 0 Å². The van der Waals surface area contributed by atoms with E-state index in [1.807, 2.05) is 0 Å². The third-order valence-corrected chi connectivity index (χ3v) is 0. The Morgan fingerprint density at radius 1 is 0.750 bits per heavy atom. The molecule has 0 aliphatic carbocycles. The summed E-state index contributed by atoms with van der Waals surface area (Å²) in [6.07, 6.45) is 0. The zero-order valence-electron chi connectivity index (χ0n) is 3.12. The monoisotopic (exact) mass is 199 g/mol. The molecule has 0 aromatic heterocycles. The summed E-state index contributed by atoms with van der Waals surface area (Å²) in [5, 5.41) is 0. The second-order valence-corrected chi connectivity index (χ2v) is 0. The van der Waals surface area contributed by atoms with Gasteiger partial charge in [0.2, 0.25) is 0 Å². The Bertz CT molecular complexity index is 7.64. The molecule has 0 aromatic rings. The molecule has 0 fully saturated rings. The van der Waals surface area contributed by atoms with Crippen LogP contribution in [0.3, 0.4) is 0 Å². The van der Waals surface area contributed by atoms with Crippen LogP contribution in [0, 0.1) is 0 Å². The van der Waals surface area contributed by atoms with Crippen molar-refractivity contribution in [3.63, 3.8) is 0 Å². The summed E-state index contributed by atoms with van der Waals surface area (Å²) in [7, 11) is 0. The molecule has 0 heterocycles. The van der Waals surface area contributed by atoms with Crippen LogP contribution in [-0.4, -0.2) is 96.6 Å². The molecular formula is H16Al5O3. The van der Waals surface area contributed by atoms with Gasteiger partial charge in [-0.3, -0.25) is 0 Å². The van der Waals surface area contributed by atoms with Gasteiger partial charge in [0, 0.05) is 0 Å². The Kier molecular flexibility index (Phi) is 1160. The molecule has 4 N–H and O–H groups in total. The van der Waals surface area contributed by atoms with Crippen molar-refractivity contribution in [3.05, 3.63) is 0 Å². The zero-order valence-corrected chi connectivity index (χ0v) is 6.53. The first-order chi connectivity index (χ1) is 1.00. The van der Waals surface area contributed by atoms with E-state index in [0.29, 0.717) is 16.2 Å². The van der Waals surface area contributed by atoms with Gasteiger partial charge in [0.05, 0.1) is 0 Å². The second-order valence-electron chi connectivity index (χ2n) is 0. The normalized spacial score (nSPS) is 0.375. The van der Waals surface area contributed by atoms with Crippen molar-refractivity contribution in [1.82, 2.24) is 0 Å².